The number of carbonyl (C=O) groups excluding carboxylic acids is 1. The summed E-state index contributed by atoms with van der Waals surface area (Å²) < 4.78 is 9.53. The number of nitriles is 1. The molecule has 1 fully saturated rings. The standard InChI is InChI=1S/C9H12N2O3/c1-13-8-4-3-7(11-8)6(5-10)9(12)14-2/h8,11H,3-4H2,1-2H3/b7-6-/t8-/m1/s1. The van der Waals surface area contributed by atoms with E-state index in [9.17, 15) is 4.79 Å². The van der Waals surface area contributed by atoms with Gasteiger partial charge in [-0.05, 0) is 12.8 Å². The average Bonchev–Trinajstić information content (AvgIpc) is 2.67. The first-order valence-corrected chi connectivity index (χ1v) is 4.23. The molecule has 1 atom stereocenters. The summed E-state index contributed by atoms with van der Waals surface area (Å²) in [6.45, 7) is 0. The summed E-state index contributed by atoms with van der Waals surface area (Å²) in [4.78, 5) is 11.1. The van der Waals surface area contributed by atoms with Gasteiger partial charge in [-0.3, -0.25) is 0 Å². The van der Waals surface area contributed by atoms with Crippen LogP contribution in [0, 0.1) is 11.3 Å². The molecule has 0 aromatic rings. The van der Waals surface area contributed by atoms with Crippen LogP contribution in [0.1, 0.15) is 12.8 Å². The number of hydrogen-bond acceptors (Lipinski definition) is 5. The van der Waals surface area contributed by atoms with Crippen molar-refractivity contribution in [2.45, 2.75) is 19.1 Å². The summed E-state index contributed by atoms with van der Waals surface area (Å²) in [7, 11) is 2.83. The molecule has 1 aliphatic rings. The number of carbonyl (C=O) groups is 1. The molecular weight excluding hydrogens is 184 g/mol. The summed E-state index contributed by atoms with van der Waals surface area (Å²) in [6, 6.07) is 1.83. The maximum absolute atomic E-state index is 11.1. The molecule has 0 saturated carbocycles. The molecule has 5 nitrogen and oxygen atoms in total. The zero-order chi connectivity index (χ0) is 10.6. The molecule has 1 N–H and O–H groups in total. The topological polar surface area (TPSA) is 71.4 Å². The van der Waals surface area contributed by atoms with Crippen molar-refractivity contribution in [1.29, 1.82) is 5.26 Å². The molecule has 0 amide bonds. The van der Waals surface area contributed by atoms with E-state index in [4.69, 9.17) is 10.00 Å². The summed E-state index contributed by atoms with van der Waals surface area (Å²) in [5, 5.41) is 11.7. The highest BCUT2D eigenvalue weighted by atomic mass is 16.5. The van der Waals surface area contributed by atoms with E-state index in [1.165, 1.54) is 7.11 Å². The molecule has 1 heterocycles. The summed E-state index contributed by atoms with van der Waals surface area (Å²) in [6.07, 6.45) is 1.28. The largest absolute Gasteiger partial charge is 0.465 e. The third-order valence-corrected chi connectivity index (χ3v) is 2.08. The van der Waals surface area contributed by atoms with Crippen LogP contribution in [-0.4, -0.2) is 26.4 Å². The van der Waals surface area contributed by atoms with Crippen LogP contribution in [0.15, 0.2) is 11.3 Å². The molecule has 1 aliphatic heterocycles. The monoisotopic (exact) mass is 196 g/mol. The molecule has 0 aliphatic carbocycles. The Balaban J connectivity index is 2.82. The van der Waals surface area contributed by atoms with E-state index in [2.05, 4.69) is 10.1 Å². The number of nitrogens with zero attached hydrogens (tertiary/aromatic N) is 1. The third kappa shape index (κ3) is 2.03. The molecule has 5 heteroatoms. The summed E-state index contributed by atoms with van der Waals surface area (Å²) >= 11 is 0. The van der Waals surface area contributed by atoms with Crippen molar-refractivity contribution in [3.63, 3.8) is 0 Å². The Labute approximate surface area is 82.3 Å². The molecule has 0 radical (unpaired) electrons. The van der Waals surface area contributed by atoms with Gasteiger partial charge in [-0.25, -0.2) is 4.79 Å². The van der Waals surface area contributed by atoms with Gasteiger partial charge in [0.25, 0.3) is 0 Å². The van der Waals surface area contributed by atoms with Crippen LogP contribution in [0.3, 0.4) is 0 Å². The Morgan fingerprint density at radius 1 is 1.64 bits per heavy atom. The van der Waals surface area contributed by atoms with E-state index in [-0.39, 0.29) is 11.8 Å². The minimum atomic E-state index is -0.605. The molecule has 1 rings (SSSR count). The van der Waals surface area contributed by atoms with Gasteiger partial charge in [-0.2, -0.15) is 5.26 Å². The van der Waals surface area contributed by atoms with Crippen molar-refractivity contribution in [1.82, 2.24) is 5.32 Å². The van der Waals surface area contributed by atoms with Crippen molar-refractivity contribution < 1.29 is 14.3 Å². The number of nitrogens with one attached hydrogen (secondary N) is 1. The smallest absolute Gasteiger partial charge is 0.350 e. The Hall–Kier alpha value is -1.54. The van der Waals surface area contributed by atoms with Crippen molar-refractivity contribution in [2.24, 2.45) is 0 Å². The second kappa shape index (κ2) is 4.63. The fourth-order valence-corrected chi connectivity index (χ4v) is 1.33. The first kappa shape index (κ1) is 10.5. The highest BCUT2D eigenvalue weighted by Gasteiger charge is 2.24. The van der Waals surface area contributed by atoms with Crippen LogP contribution >= 0.6 is 0 Å². The predicted octanol–water partition coefficient (Wildman–Crippen LogP) is 0.293. The van der Waals surface area contributed by atoms with Gasteiger partial charge < -0.3 is 14.8 Å². The van der Waals surface area contributed by atoms with E-state index in [1.807, 2.05) is 6.07 Å². The fourth-order valence-electron chi connectivity index (χ4n) is 1.33. The van der Waals surface area contributed by atoms with Crippen molar-refractivity contribution in [3.05, 3.63) is 11.3 Å². The number of hydrogen-bond donors (Lipinski definition) is 1. The fraction of sp³-hybridized carbons (Fsp3) is 0.556. The van der Waals surface area contributed by atoms with Crippen LogP contribution in [0.4, 0.5) is 0 Å². The first-order chi connectivity index (χ1) is 6.72. The third-order valence-electron chi connectivity index (χ3n) is 2.08. The van der Waals surface area contributed by atoms with Crippen molar-refractivity contribution in [2.75, 3.05) is 14.2 Å². The van der Waals surface area contributed by atoms with Gasteiger partial charge >= 0.3 is 5.97 Å². The highest BCUT2D eigenvalue weighted by Crippen LogP contribution is 2.19. The lowest BCUT2D eigenvalue weighted by Gasteiger charge is -2.08. The van der Waals surface area contributed by atoms with Crippen LogP contribution in [-0.2, 0) is 14.3 Å². The Morgan fingerprint density at radius 3 is 2.79 bits per heavy atom. The minimum absolute atomic E-state index is 0.0343. The van der Waals surface area contributed by atoms with Crippen LogP contribution in [0.25, 0.3) is 0 Å². The zero-order valence-corrected chi connectivity index (χ0v) is 8.16. The molecule has 0 spiro atoms. The molecule has 0 aromatic carbocycles. The highest BCUT2D eigenvalue weighted by molar-refractivity contribution is 5.93. The second-order valence-electron chi connectivity index (χ2n) is 2.86. The van der Waals surface area contributed by atoms with E-state index in [0.717, 1.165) is 6.42 Å². The molecule has 0 bridgehead atoms. The number of rotatable bonds is 2. The van der Waals surface area contributed by atoms with Gasteiger partial charge in [-0.1, -0.05) is 0 Å². The molecule has 0 unspecified atom stereocenters. The van der Waals surface area contributed by atoms with Gasteiger partial charge in [0.1, 0.15) is 12.3 Å². The maximum atomic E-state index is 11.1. The predicted molar refractivity (Wildman–Crippen MR) is 47.8 cm³/mol. The van der Waals surface area contributed by atoms with Gasteiger partial charge in [0.2, 0.25) is 0 Å². The quantitative estimate of drug-likeness (QED) is 0.390. The van der Waals surface area contributed by atoms with E-state index < -0.39 is 5.97 Å². The Kier molecular flexibility index (Phi) is 3.48. The lowest BCUT2D eigenvalue weighted by Crippen LogP contribution is -2.23. The van der Waals surface area contributed by atoms with Crippen molar-refractivity contribution >= 4 is 5.97 Å². The number of esters is 1. The van der Waals surface area contributed by atoms with E-state index in [1.54, 1.807) is 7.11 Å². The lowest BCUT2D eigenvalue weighted by atomic mass is 10.2. The molecule has 76 valence electrons. The SMILES string of the molecule is COC(=O)/C(C#N)=C1/CC[C@@H](OC)N1. The molecule has 14 heavy (non-hydrogen) atoms. The van der Waals surface area contributed by atoms with Crippen LogP contribution in [0.2, 0.25) is 0 Å². The van der Waals surface area contributed by atoms with Gasteiger partial charge in [0.05, 0.1) is 7.11 Å². The number of ether oxygens (including phenoxy) is 2. The minimum Gasteiger partial charge on any atom is -0.465 e. The molecule has 1 saturated heterocycles. The summed E-state index contributed by atoms with van der Waals surface area (Å²) in [5.74, 6) is -0.605. The zero-order valence-electron chi connectivity index (χ0n) is 8.16. The maximum Gasteiger partial charge on any atom is 0.350 e. The number of allylic oxidation sites excluding steroid dienone is 1. The average molecular weight is 196 g/mol. The van der Waals surface area contributed by atoms with Gasteiger partial charge in [-0.15, -0.1) is 0 Å². The normalized spacial score (nSPS) is 23.6. The molecule has 0 aromatic heterocycles. The second-order valence-corrected chi connectivity index (χ2v) is 2.86. The number of methoxy groups -OCH3 is 2. The lowest BCUT2D eigenvalue weighted by molar-refractivity contribution is -0.135. The summed E-state index contributed by atoms with van der Waals surface area (Å²) in [5.41, 5.74) is 0.637. The Morgan fingerprint density at radius 2 is 2.36 bits per heavy atom. The van der Waals surface area contributed by atoms with Crippen LogP contribution in [0.5, 0.6) is 0 Å². The van der Waals surface area contributed by atoms with E-state index >= 15 is 0 Å². The Bertz CT molecular complexity index is 304. The van der Waals surface area contributed by atoms with Gasteiger partial charge in [0.15, 0.2) is 5.57 Å². The molecular formula is C9H12N2O3. The van der Waals surface area contributed by atoms with Gasteiger partial charge in [0, 0.05) is 12.8 Å². The first-order valence-electron chi connectivity index (χ1n) is 4.23. The van der Waals surface area contributed by atoms with E-state index in [0.29, 0.717) is 12.1 Å². The van der Waals surface area contributed by atoms with Crippen LogP contribution < -0.4 is 5.32 Å². The van der Waals surface area contributed by atoms with Crippen molar-refractivity contribution in [3.8, 4) is 6.07 Å².